The molecule has 2 heterocycles. The summed E-state index contributed by atoms with van der Waals surface area (Å²) in [5, 5.41) is 1.88. The Morgan fingerprint density at radius 2 is 1.58 bits per heavy atom. The zero-order chi connectivity index (χ0) is 34.7. The fraction of sp³-hybridized carbons (Fsp3) is 0.343. The average Bonchev–Trinajstić information content (AvgIpc) is 3.34. The van der Waals surface area contributed by atoms with Gasteiger partial charge in [0.25, 0.3) is 21.9 Å². The summed E-state index contributed by atoms with van der Waals surface area (Å²) in [6, 6.07) is 16.5. The second kappa shape index (κ2) is 14.2. The van der Waals surface area contributed by atoms with Crippen molar-refractivity contribution in [3.8, 4) is 5.75 Å². The van der Waals surface area contributed by atoms with Crippen molar-refractivity contribution in [2.45, 2.75) is 59.5 Å². The van der Waals surface area contributed by atoms with Gasteiger partial charge in [0.2, 0.25) is 11.0 Å². The summed E-state index contributed by atoms with van der Waals surface area (Å²) in [5.41, 5.74) is 4.04. The summed E-state index contributed by atoms with van der Waals surface area (Å²) in [4.78, 5) is 57.9. The summed E-state index contributed by atoms with van der Waals surface area (Å²) >= 11 is 0. The minimum absolute atomic E-state index is 0.0183. The standard InChI is InChI=1S/C35H37N3O9S/c1-5-15-37-28-10-7-6-9-26(28)32(27-20-24(11-12-29(27)37)21-36(4)16-8-17-48(43,44)45)35(42)46-33-22(2)18-25(19-23(33)3)34(41)47-38-30(39)13-14-31(38)40/h6-7,9-12,18-20H,5,8,13-17,21H2,1-4H3/p+1. The number of amides is 2. The van der Waals surface area contributed by atoms with Crippen LogP contribution in [0, 0.1) is 13.8 Å². The predicted octanol–water partition coefficient (Wildman–Crippen LogP) is 4.46. The molecule has 3 aromatic carbocycles. The number of imide groups is 1. The van der Waals surface area contributed by atoms with Crippen molar-refractivity contribution in [1.29, 1.82) is 0 Å². The van der Waals surface area contributed by atoms with E-state index >= 15 is 0 Å². The zero-order valence-electron chi connectivity index (χ0n) is 27.3. The number of fused-ring (bicyclic) bond motifs is 2. The quantitative estimate of drug-likeness (QED) is 0.0569. The molecule has 0 unspecified atom stereocenters. The van der Waals surface area contributed by atoms with Crippen molar-refractivity contribution in [2.24, 2.45) is 0 Å². The Morgan fingerprint density at radius 1 is 0.938 bits per heavy atom. The number of benzene rings is 3. The zero-order valence-corrected chi connectivity index (χ0v) is 28.1. The Morgan fingerprint density at radius 3 is 2.23 bits per heavy atom. The molecule has 1 fully saturated rings. The average molecular weight is 677 g/mol. The number of carbonyl (C=O) groups excluding carboxylic acids is 4. The fourth-order valence-electron chi connectivity index (χ4n) is 6.07. The van der Waals surface area contributed by atoms with E-state index in [4.69, 9.17) is 14.1 Å². The Labute approximate surface area is 278 Å². The van der Waals surface area contributed by atoms with Crippen LogP contribution >= 0.6 is 0 Å². The van der Waals surface area contributed by atoms with Gasteiger partial charge in [0.1, 0.15) is 12.3 Å². The number of para-hydroxylation sites is 1. The third-order valence-corrected chi connectivity index (χ3v) is 9.01. The summed E-state index contributed by atoms with van der Waals surface area (Å²) in [7, 11) is -2.19. The van der Waals surface area contributed by atoms with E-state index in [-0.39, 0.29) is 36.3 Å². The molecule has 0 radical (unpaired) electrons. The van der Waals surface area contributed by atoms with Crippen molar-refractivity contribution < 1.29 is 46.3 Å². The predicted molar refractivity (Wildman–Crippen MR) is 177 cm³/mol. The van der Waals surface area contributed by atoms with E-state index in [0.29, 0.717) is 52.2 Å². The molecule has 1 aliphatic rings. The first kappa shape index (κ1) is 34.6. The third-order valence-electron chi connectivity index (χ3n) is 8.20. The minimum Gasteiger partial charge on any atom is -0.422 e. The molecular formula is C35H38N3O9S+. The van der Waals surface area contributed by atoms with Crippen LogP contribution in [-0.2, 0) is 37.6 Å². The first-order valence-electron chi connectivity index (χ1n) is 15.7. The number of aromatic nitrogens is 1. The van der Waals surface area contributed by atoms with Crippen molar-refractivity contribution in [3.05, 3.63) is 82.4 Å². The van der Waals surface area contributed by atoms with Crippen molar-refractivity contribution >= 4 is 55.7 Å². The molecule has 13 heteroatoms. The summed E-state index contributed by atoms with van der Waals surface area (Å²) in [6.45, 7) is 7.08. The van der Waals surface area contributed by atoms with E-state index in [1.165, 1.54) is 12.1 Å². The smallest absolute Gasteiger partial charge is 0.363 e. The maximum atomic E-state index is 14.2. The first-order chi connectivity index (χ1) is 22.8. The molecule has 12 nitrogen and oxygen atoms in total. The van der Waals surface area contributed by atoms with Crippen LogP contribution in [0.5, 0.6) is 5.75 Å². The topological polar surface area (TPSA) is 151 Å². The monoisotopic (exact) mass is 676 g/mol. The molecule has 0 saturated carbocycles. The molecule has 4 aromatic rings. The maximum Gasteiger partial charge on any atom is 0.363 e. The van der Waals surface area contributed by atoms with Gasteiger partial charge in [0, 0.05) is 37.9 Å². The van der Waals surface area contributed by atoms with Gasteiger partial charge in [-0.25, -0.2) is 9.59 Å². The highest BCUT2D eigenvalue weighted by Crippen LogP contribution is 2.31. The van der Waals surface area contributed by atoms with Crippen molar-refractivity contribution in [2.75, 3.05) is 19.3 Å². The van der Waals surface area contributed by atoms with Gasteiger partial charge in [-0.1, -0.05) is 25.1 Å². The molecule has 1 aromatic heterocycles. The number of ether oxygens (including phenoxy) is 1. The number of hydrogen-bond donors (Lipinski definition) is 1. The largest absolute Gasteiger partial charge is 0.422 e. The Bertz CT molecular complexity index is 2020. The lowest BCUT2D eigenvalue weighted by Gasteiger charge is -2.18. The van der Waals surface area contributed by atoms with Crippen LogP contribution in [0.4, 0.5) is 0 Å². The molecular weight excluding hydrogens is 638 g/mol. The molecule has 0 spiro atoms. The van der Waals surface area contributed by atoms with Gasteiger partial charge in [-0.2, -0.15) is 13.0 Å². The SMILES string of the molecule is CCC[n+]1c2ccccc2c(C(=O)Oc2c(C)cc(C(=O)ON3C(=O)CCC3=O)cc2C)c2cc(CN(C)CCCS(=O)(=O)O)ccc21. The molecule has 252 valence electrons. The molecule has 0 atom stereocenters. The number of hydrogen-bond acceptors (Lipinski definition) is 9. The van der Waals surface area contributed by atoms with Crippen LogP contribution in [0.2, 0.25) is 0 Å². The van der Waals surface area contributed by atoms with Crippen LogP contribution in [0.3, 0.4) is 0 Å². The Hall–Kier alpha value is -4.72. The molecule has 0 aliphatic carbocycles. The van der Waals surface area contributed by atoms with Gasteiger partial charge in [-0.3, -0.25) is 14.1 Å². The molecule has 2 amide bonds. The lowest BCUT2D eigenvalue weighted by Crippen LogP contribution is -2.36. The molecule has 5 rings (SSSR count). The molecule has 1 aliphatic heterocycles. The molecule has 0 bridgehead atoms. The van der Waals surface area contributed by atoms with E-state index in [0.717, 1.165) is 23.0 Å². The third kappa shape index (κ3) is 7.53. The van der Waals surface area contributed by atoms with Gasteiger partial charge in [-0.15, -0.1) is 5.06 Å². The Kier molecular flexibility index (Phi) is 10.2. The maximum absolute atomic E-state index is 14.2. The van der Waals surface area contributed by atoms with E-state index in [1.807, 2.05) is 54.4 Å². The number of carbonyl (C=O) groups is 4. The highest BCUT2D eigenvalue weighted by atomic mass is 32.2. The highest BCUT2D eigenvalue weighted by molar-refractivity contribution is 7.85. The van der Waals surface area contributed by atoms with Gasteiger partial charge in [0.05, 0.1) is 27.7 Å². The second-order valence-electron chi connectivity index (χ2n) is 12.1. The van der Waals surface area contributed by atoms with Crippen molar-refractivity contribution in [3.63, 3.8) is 0 Å². The number of nitrogens with zero attached hydrogens (tertiary/aromatic N) is 3. The van der Waals surface area contributed by atoms with Gasteiger partial charge >= 0.3 is 11.9 Å². The van der Waals surface area contributed by atoms with Gasteiger partial charge in [-0.05, 0) is 74.8 Å². The highest BCUT2D eigenvalue weighted by Gasteiger charge is 2.33. The molecule has 1 N–H and O–H groups in total. The number of esters is 1. The van der Waals surface area contributed by atoms with Gasteiger partial charge in [0.15, 0.2) is 0 Å². The number of aryl methyl sites for hydroxylation is 3. The number of rotatable bonds is 12. The van der Waals surface area contributed by atoms with E-state index in [9.17, 15) is 27.6 Å². The summed E-state index contributed by atoms with van der Waals surface area (Å²) in [5.74, 6) is -2.69. The van der Waals surface area contributed by atoms with Gasteiger partial charge < -0.3 is 14.5 Å². The summed E-state index contributed by atoms with van der Waals surface area (Å²) in [6.07, 6.45) is 1.09. The van der Waals surface area contributed by atoms with Crippen LogP contribution < -0.4 is 9.30 Å². The Balaban J connectivity index is 1.50. The van der Waals surface area contributed by atoms with Crippen LogP contribution in [0.1, 0.15) is 70.0 Å². The van der Waals surface area contributed by atoms with E-state index in [1.54, 1.807) is 13.8 Å². The number of pyridine rings is 1. The minimum atomic E-state index is -4.05. The molecule has 48 heavy (non-hydrogen) atoms. The van der Waals surface area contributed by atoms with Crippen LogP contribution in [-0.4, -0.2) is 66.0 Å². The second-order valence-corrected chi connectivity index (χ2v) is 13.6. The van der Waals surface area contributed by atoms with Crippen molar-refractivity contribution in [1.82, 2.24) is 9.96 Å². The normalized spacial score (nSPS) is 13.6. The lowest BCUT2D eigenvalue weighted by atomic mass is 9.99. The van der Waals surface area contributed by atoms with E-state index in [2.05, 4.69) is 11.5 Å². The van der Waals surface area contributed by atoms with Crippen LogP contribution in [0.15, 0.2) is 54.6 Å². The number of hydroxylamine groups is 2. The first-order valence-corrected chi connectivity index (χ1v) is 17.3. The fourth-order valence-corrected chi connectivity index (χ4v) is 6.56. The summed E-state index contributed by atoms with van der Waals surface area (Å²) < 4.78 is 39.7. The molecule has 1 saturated heterocycles. The lowest BCUT2D eigenvalue weighted by molar-refractivity contribution is -0.645. The van der Waals surface area contributed by atoms with Crippen LogP contribution in [0.25, 0.3) is 21.8 Å². The van der Waals surface area contributed by atoms with E-state index < -0.39 is 33.9 Å².